The van der Waals surface area contributed by atoms with Crippen LogP contribution in [0.25, 0.3) is 0 Å². The van der Waals surface area contributed by atoms with Gasteiger partial charge in [0, 0.05) is 61.4 Å². The van der Waals surface area contributed by atoms with E-state index in [4.69, 9.17) is 19.9 Å². The minimum Gasteiger partial charge on any atom is -0.507 e. The normalized spacial score (nSPS) is 23.6. The number of phenols is 2. The fourth-order valence-electron chi connectivity index (χ4n) is 8.63. The van der Waals surface area contributed by atoms with Crippen LogP contribution in [-0.4, -0.2) is 120 Å². The maximum Gasteiger partial charge on any atom is 0.237 e. The van der Waals surface area contributed by atoms with E-state index >= 15 is 0 Å². The lowest BCUT2D eigenvalue weighted by Crippen LogP contribution is -2.58. The third kappa shape index (κ3) is 8.96. The molecule has 1 aliphatic heterocycles. The Labute approximate surface area is 357 Å². The van der Waals surface area contributed by atoms with Crippen LogP contribution in [0.2, 0.25) is 0 Å². The van der Waals surface area contributed by atoms with Crippen molar-refractivity contribution in [2.75, 3.05) is 20.3 Å². The summed E-state index contributed by atoms with van der Waals surface area (Å²) in [6.07, 6.45) is -1.00. The number of ether oxygens (including phenoxy) is 3. The first-order chi connectivity index (χ1) is 29.7. The summed E-state index contributed by atoms with van der Waals surface area (Å²) in [5.74, 6) is -4.56. The Bertz CT molecular complexity index is 2270. The largest absolute Gasteiger partial charge is 0.507 e. The van der Waals surface area contributed by atoms with Crippen molar-refractivity contribution in [3.63, 3.8) is 0 Å². The predicted octanol–water partition coefficient (Wildman–Crippen LogP) is 2.15. The number of hydrogen-bond donors (Lipinski definition) is 7. The van der Waals surface area contributed by atoms with Gasteiger partial charge in [-0.15, -0.1) is 0 Å². The van der Waals surface area contributed by atoms with Crippen LogP contribution in [0.15, 0.2) is 67.0 Å². The van der Waals surface area contributed by atoms with Gasteiger partial charge in [0.05, 0.1) is 59.5 Å². The fourth-order valence-corrected chi connectivity index (χ4v) is 8.63. The van der Waals surface area contributed by atoms with Crippen LogP contribution in [0.1, 0.15) is 99.5 Å². The van der Waals surface area contributed by atoms with Crippen LogP contribution < -0.4 is 15.8 Å². The average Bonchev–Trinajstić information content (AvgIpc) is 3.26. The van der Waals surface area contributed by atoms with E-state index in [0.717, 1.165) is 17.8 Å². The number of Topliss-reactive ketones (excluding diaryl/α,β-unsaturated/α-hetero) is 1. The van der Waals surface area contributed by atoms with Crippen LogP contribution in [0.4, 0.5) is 0 Å². The summed E-state index contributed by atoms with van der Waals surface area (Å²) >= 11 is 0. The topological polar surface area (TPSA) is 264 Å². The van der Waals surface area contributed by atoms with E-state index in [-0.39, 0.29) is 34.4 Å². The lowest BCUT2D eigenvalue weighted by atomic mass is 9.72. The number of pyridine rings is 2. The zero-order chi connectivity index (χ0) is 44.3. The van der Waals surface area contributed by atoms with Crippen LogP contribution in [0, 0.1) is 0 Å². The summed E-state index contributed by atoms with van der Waals surface area (Å²) in [6.45, 7) is 2.40. The molecule has 17 heteroatoms. The average molecular weight is 854 g/mol. The Morgan fingerprint density at radius 2 is 1.65 bits per heavy atom. The molecule has 62 heavy (non-hydrogen) atoms. The van der Waals surface area contributed by atoms with E-state index in [9.17, 15) is 44.7 Å². The summed E-state index contributed by atoms with van der Waals surface area (Å²) < 4.78 is 17.6. The van der Waals surface area contributed by atoms with Crippen molar-refractivity contribution in [2.45, 2.75) is 101 Å². The Morgan fingerprint density at radius 1 is 0.968 bits per heavy atom. The molecule has 2 aromatic carbocycles. The molecule has 0 spiro atoms. The first-order valence-electron chi connectivity index (χ1n) is 20.5. The number of aliphatic hydroxyl groups excluding tert-OH is 2. The lowest BCUT2D eigenvalue weighted by Gasteiger charge is -2.43. The highest BCUT2D eigenvalue weighted by Gasteiger charge is 2.50. The lowest BCUT2D eigenvalue weighted by molar-refractivity contribution is -0.249. The third-order valence-electron chi connectivity index (χ3n) is 11.9. The van der Waals surface area contributed by atoms with E-state index in [0.29, 0.717) is 32.5 Å². The second-order valence-corrected chi connectivity index (χ2v) is 16.1. The van der Waals surface area contributed by atoms with Gasteiger partial charge in [0.2, 0.25) is 11.7 Å². The second kappa shape index (κ2) is 18.8. The van der Waals surface area contributed by atoms with Crippen molar-refractivity contribution in [3.8, 4) is 17.2 Å². The van der Waals surface area contributed by atoms with Gasteiger partial charge in [-0.2, -0.15) is 0 Å². The van der Waals surface area contributed by atoms with Crippen molar-refractivity contribution in [1.29, 1.82) is 0 Å². The molecule has 1 saturated heterocycles. The molecule has 3 aliphatic rings. The zero-order valence-corrected chi connectivity index (χ0v) is 34.4. The monoisotopic (exact) mass is 853 g/mol. The van der Waals surface area contributed by atoms with Crippen LogP contribution >= 0.6 is 0 Å². The Hall–Kier alpha value is -5.66. The number of nitrogens with two attached hydrogens (primary N) is 1. The van der Waals surface area contributed by atoms with E-state index in [2.05, 4.69) is 20.2 Å². The second-order valence-electron chi connectivity index (χ2n) is 16.1. The number of carbonyl (C=O) groups is 4. The number of unbranched alkanes of at least 4 members (excludes halogenated alkanes) is 1. The molecule has 17 nitrogen and oxygen atoms in total. The van der Waals surface area contributed by atoms with E-state index in [1.807, 2.05) is 36.4 Å². The van der Waals surface area contributed by atoms with Crippen molar-refractivity contribution in [2.24, 2.45) is 5.73 Å². The number of nitrogens with one attached hydrogen (secondary N) is 1. The number of aromatic nitrogens is 2. The first kappa shape index (κ1) is 44.4. The highest BCUT2D eigenvalue weighted by atomic mass is 16.7. The van der Waals surface area contributed by atoms with Gasteiger partial charge in [-0.3, -0.25) is 34.0 Å². The number of aliphatic hydroxyl groups is 3. The molecule has 0 radical (unpaired) electrons. The molecule has 1 amide bonds. The molecule has 1 fully saturated rings. The Kier molecular flexibility index (Phi) is 13.4. The van der Waals surface area contributed by atoms with Crippen LogP contribution in [0.5, 0.6) is 17.2 Å². The molecule has 4 aromatic rings. The van der Waals surface area contributed by atoms with E-state index in [1.54, 1.807) is 19.3 Å². The summed E-state index contributed by atoms with van der Waals surface area (Å²) in [7, 11) is 1.31. The van der Waals surface area contributed by atoms with Crippen molar-refractivity contribution in [1.82, 2.24) is 20.2 Å². The van der Waals surface area contributed by atoms with Gasteiger partial charge in [-0.05, 0) is 56.6 Å². The van der Waals surface area contributed by atoms with Gasteiger partial charge in [-0.1, -0.05) is 30.7 Å². The number of carbonyl (C=O) groups excluding carboxylic acids is 4. The molecular formula is C45H51N5O12. The number of methoxy groups -OCH3 is 1. The number of fused-ring (bicyclic) bond motifs is 3. The maximum atomic E-state index is 14.0. The third-order valence-corrected chi connectivity index (χ3v) is 11.9. The minimum atomic E-state index is -2.35. The predicted molar refractivity (Wildman–Crippen MR) is 220 cm³/mol. The Balaban J connectivity index is 1.05. The summed E-state index contributed by atoms with van der Waals surface area (Å²) in [4.78, 5) is 65.4. The molecule has 0 saturated carbocycles. The molecule has 7 atom stereocenters. The van der Waals surface area contributed by atoms with Crippen LogP contribution in [0.3, 0.4) is 0 Å². The summed E-state index contributed by atoms with van der Waals surface area (Å²) in [5, 5.41) is 58.9. The minimum absolute atomic E-state index is 0.0645. The smallest absolute Gasteiger partial charge is 0.237 e. The van der Waals surface area contributed by atoms with Gasteiger partial charge in [-0.25, -0.2) is 0 Å². The number of hydrogen-bond acceptors (Lipinski definition) is 16. The molecule has 2 aliphatic carbocycles. The van der Waals surface area contributed by atoms with Crippen LogP contribution in [-0.2, 0) is 38.6 Å². The first-order valence-corrected chi connectivity index (χ1v) is 20.5. The summed E-state index contributed by atoms with van der Waals surface area (Å²) in [5.41, 5.74) is 4.17. The number of nitrogens with zero attached hydrogens (tertiary/aromatic N) is 3. The molecule has 0 unspecified atom stereocenters. The highest BCUT2D eigenvalue weighted by molar-refractivity contribution is 6.31. The van der Waals surface area contributed by atoms with E-state index < -0.39 is 108 Å². The van der Waals surface area contributed by atoms with Gasteiger partial charge in [0.15, 0.2) is 17.9 Å². The molecule has 0 bridgehead atoms. The zero-order valence-electron chi connectivity index (χ0n) is 34.4. The molecule has 328 valence electrons. The van der Waals surface area contributed by atoms with E-state index in [1.165, 1.54) is 25.3 Å². The van der Waals surface area contributed by atoms with Crippen molar-refractivity contribution >= 4 is 23.3 Å². The fraction of sp³-hybridized carbons (Fsp3) is 0.422. The maximum absolute atomic E-state index is 14.0. The highest BCUT2D eigenvalue weighted by Crippen LogP contribution is 2.52. The molecule has 7 rings (SSSR count). The standard InChI is InChI=1S/C45H51N5O12/c1-24-39(53)30(49-44(58)29(46)13-5-8-17-50(21-25-10-3-6-15-47-25)22-26-11-4-7-16-48-26)18-34(61-24)62-32-20-45(59,33(52)23-51)19-28-36(32)43(57)38-37(41(28)55)40(54)27-12-9-14-31(60-2)35(27)42(38)56/h3-4,6-7,9-12,14-16,24,29-30,32,34,39,51,53,55,57,59H,5,8,13,17-23,46H2,1-2H3,(H,49,58)/t24-,29+,30-,32+,34-,39-,45+/m1/s1. The quantitative estimate of drug-likeness (QED) is 0.0554. The number of rotatable bonds is 16. The molecule has 8 N–H and O–H groups in total. The number of amides is 1. The van der Waals surface area contributed by atoms with Crippen molar-refractivity contribution in [3.05, 3.63) is 112 Å². The summed E-state index contributed by atoms with van der Waals surface area (Å²) in [6, 6.07) is 14.0. The molecule has 2 aromatic heterocycles. The number of phenolic OH excluding ortho intramolecular Hbond substituents is 2. The van der Waals surface area contributed by atoms with Gasteiger partial charge >= 0.3 is 0 Å². The Morgan fingerprint density at radius 3 is 2.27 bits per heavy atom. The number of ketones is 3. The van der Waals surface area contributed by atoms with Gasteiger partial charge < -0.3 is 50.8 Å². The van der Waals surface area contributed by atoms with Gasteiger partial charge in [0.25, 0.3) is 0 Å². The molecular weight excluding hydrogens is 803 g/mol. The molecule has 3 heterocycles. The van der Waals surface area contributed by atoms with Gasteiger partial charge in [0.1, 0.15) is 35.6 Å². The number of aromatic hydroxyl groups is 2. The van der Waals surface area contributed by atoms with Crippen molar-refractivity contribution < 1.29 is 58.9 Å². The SMILES string of the molecule is COc1cccc2c1C(=O)c1c(O)c3c(c(O)c1C2=O)C[C@@](O)(C(=O)CO)C[C@@H]3O[C@@H]1C[C@@H](NC(=O)[C@@H](N)CCCCN(Cc2ccccn2)Cc2ccccn2)[C@H](O)[C@@H](C)O1. The number of benzene rings is 2.